The molecule has 0 fully saturated rings. The lowest BCUT2D eigenvalue weighted by molar-refractivity contribution is -0.383. The van der Waals surface area contributed by atoms with Gasteiger partial charge in [-0.05, 0) is 24.3 Å². The van der Waals surface area contributed by atoms with Gasteiger partial charge in [0.25, 0.3) is 10.0 Å². The Kier molecular flexibility index (Phi) is 17.3. The number of nitro groups is 1. The first-order valence-corrected chi connectivity index (χ1v) is 20.9. The van der Waals surface area contributed by atoms with Gasteiger partial charge in [-0.3, -0.25) is 30.1 Å². The number of nitrogens with zero attached hydrogens (tertiary/aromatic N) is 6. The Bertz CT molecular complexity index is 2410. The number of pyridine rings is 1. The normalized spacial score (nSPS) is 11.6. The summed E-state index contributed by atoms with van der Waals surface area (Å²) in [6, 6.07) is 3.74. The van der Waals surface area contributed by atoms with E-state index in [2.05, 4.69) is 30.7 Å². The van der Waals surface area contributed by atoms with Crippen LogP contribution in [0.4, 0.5) is 35.4 Å². The first-order chi connectivity index (χ1) is 27.2. The van der Waals surface area contributed by atoms with Crippen molar-refractivity contribution in [2.45, 2.75) is 23.0 Å². The minimum atomic E-state index is -4.63. The van der Waals surface area contributed by atoms with Gasteiger partial charge in [0.05, 0.1) is 59.4 Å². The number of aliphatic carboxylic acids is 1. The van der Waals surface area contributed by atoms with Gasteiger partial charge in [0.2, 0.25) is 23.5 Å². The number of carboxylic acid groups (broad SMARTS) is 1. The van der Waals surface area contributed by atoms with Gasteiger partial charge >= 0.3 is 31.5 Å². The van der Waals surface area contributed by atoms with Crippen molar-refractivity contribution >= 4 is 80.1 Å². The molecule has 4 rings (SSSR count). The maximum Gasteiger partial charge on any atom is 0.416 e. The second kappa shape index (κ2) is 20.5. The molecule has 324 valence electrons. The fourth-order valence-electron chi connectivity index (χ4n) is 3.84. The highest BCUT2D eigenvalue weighted by molar-refractivity contribution is 7.93. The molecule has 0 aliphatic rings. The minimum absolute atomic E-state index is 0.0612. The summed E-state index contributed by atoms with van der Waals surface area (Å²) < 4.78 is 109. The Morgan fingerprint density at radius 1 is 1.07 bits per heavy atom. The van der Waals surface area contributed by atoms with Crippen LogP contribution in [0.3, 0.4) is 0 Å². The van der Waals surface area contributed by atoms with Gasteiger partial charge in [0, 0.05) is 6.20 Å². The van der Waals surface area contributed by atoms with Crippen LogP contribution < -0.4 is 30.6 Å². The lowest BCUT2D eigenvalue weighted by Crippen LogP contribution is -2.36. The monoisotopic (exact) mass is 940 g/mol. The van der Waals surface area contributed by atoms with Gasteiger partial charge in [-0.1, -0.05) is 30.1 Å². The number of rotatable bonds is 13. The molecule has 0 unspecified atom stereocenters. The van der Waals surface area contributed by atoms with E-state index < -0.39 is 90.4 Å². The van der Waals surface area contributed by atoms with Crippen molar-refractivity contribution in [2.24, 2.45) is 0 Å². The number of amides is 2. The highest BCUT2D eigenvalue weighted by atomic mass is 35.5. The van der Waals surface area contributed by atoms with Crippen LogP contribution in [0.25, 0.3) is 5.69 Å². The molecule has 0 saturated heterocycles. The molecular weight excluding hydrogens is 911 g/mol. The van der Waals surface area contributed by atoms with Crippen molar-refractivity contribution in [3.8, 4) is 17.4 Å². The average molecular weight is 942 g/mol. The zero-order valence-electron chi connectivity index (χ0n) is 29.9. The summed E-state index contributed by atoms with van der Waals surface area (Å²) in [5.74, 6) is -2.06. The topological polar surface area (TPSA) is 360 Å². The number of sulfone groups is 1. The number of halogens is 5. The van der Waals surface area contributed by atoms with Crippen LogP contribution in [-0.4, -0.2) is 106 Å². The van der Waals surface area contributed by atoms with Gasteiger partial charge in [0.1, 0.15) is 16.8 Å². The molecule has 0 radical (unpaired) electrons. The molecule has 3 heterocycles. The number of urea groups is 1. The number of ether oxygens (including phenoxy) is 2. The van der Waals surface area contributed by atoms with Gasteiger partial charge in [-0.2, -0.15) is 36.7 Å². The molecule has 3 aromatic heterocycles. The molecule has 0 atom stereocenters. The third kappa shape index (κ3) is 14.7. The number of carboxylic acids is 1. The van der Waals surface area contributed by atoms with E-state index in [1.807, 2.05) is 0 Å². The van der Waals surface area contributed by atoms with Crippen molar-refractivity contribution in [1.82, 2.24) is 34.8 Å². The summed E-state index contributed by atoms with van der Waals surface area (Å²) in [5, 5.41) is 24.9. The van der Waals surface area contributed by atoms with Crippen LogP contribution in [-0.2, 0) is 35.4 Å². The average Bonchev–Trinajstić information content (AvgIpc) is 3.50. The maximum atomic E-state index is 12.6. The molecule has 8 N–H and O–H groups in total. The molecule has 1 aromatic carbocycles. The van der Waals surface area contributed by atoms with Crippen LogP contribution in [0.5, 0.6) is 11.8 Å². The Hall–Kier alpha value is -5.42. The number of nitrogens with one attached hydrogen (secondary N) is 3. The van der Waals surface area contributed by atoms with Crippen molar-refractivity contribution in [1.29, 1.82) is 0 Å². The number of methoxy groups -OCH3 is 2. The summed E-state index contributed by atoms with van der Waals surface area (Å²) >= 11 is 11.5. The largest absolute Gasteiger partial charge is 0.481 e. The standard InChI is InChI=1S/C14H17N5O7S2.C10H5Cl2F3N4O2.C3H8NO5P/c1-4-27(21,22)9-6-5-7-15-12(9)28(23,24)19-14(20)18-13-16-10(25-2)8-11(17-13)26-3;11-5-1-4(10(13,14)15)2-6(12)8(5)18-9(16)7(3-17-18)19(20)21;5-3(6)1-4-2-10(7,8)9/h5-8H,4H2,1-3H3,(H2,16,17,18,19,20);1-3H,16H2;4H,1-2H2,(H,5,6)(H2,7,8,9). The molecule has 0 saturated carbocycles. The zero-order valence-corrected chi connectivity index (χ0v) is 33.9. The predicted octanol–water partition coefficient (Wildman–Crippen LogP) is 2.68. The molecule has 4 aromatic rings. The van der Waals surface area contributed by atoms with Gasteiger partial charge in [-0.15, -0.1) is 0 Å². The van der Waals surface area contributed by atoms with Gasteiger partial charge in [0.15, 0.2) is 14.9 Å². The fourth-order valence-corrected chi connectivity index (χ4v) is 7.44. The zero-order chi connectivity index (χ0) is 45.1. The highest BCUT2D eigenvalue weighted by Gasteiger charge is 2.33. The third-order valence-corrected chi connectivity index (χ3v) is 10.8. The number of nitrogen functional groups attached to an aromatic ring is 1. The Morgan fingerprint density at radius 3 is 2.07 bits per heavy atom. The van der Waals surface area contributed by atoms with E-state index in [1.54, 1.807) is 4.72 Å². The number of alkyl halides is 3. The Morgan fingerprint density at radius 2 is 1.63 bits per heavy atom. The van der Waals surface area contributed by atoms with E-state index in [9.17, 15) is 54.3 Å². The van der Waals surface area contributed by atoms with Gasteiger partial charge < -0.3 is 30.1 Å². The summed E-state index contributed by atoms with van der Waals surface area (Å²) in [6.07, 6.45) is -3.29. The number of benzene rings is 1. The molecule has 59 heavy (non-hydrogen) atoms. The van der Waals surface area contributed by atoms with Crippen molar-refractivity contribution in [3.05, 3.63) is 68.4 Å². The summed E-state index contributed by atoms with van der Waals surface area (Å²) in [7, 11) is -9.94. The van der Waals surface area contributed by atoms with Crippen molar-refractivity contribution in [2.75, 3.05) is 43.9 Å². The molecule has 0 spiro atoms. The molecule has 32 heteroatoms. The van der Waals surface area contributed by atoms with E-state index in [-0.39, 0.29) is 39.2 Å². The summed E-state index contributed by atoms with van der Waals surface area (Å²) in [5.41, 5.74) is 3.78. The van der Waals surface area contributed by atoms with Crippen LogP contribution >= 0.6 is 30.8 Å². The van der Waals surface area contributed by atoms with Crippen LogP contribution in [0.2, 0.25) is 10.0 Å². The van der Waals surface area contributed by atoms with Gasteiger partial charge in [-0.25, -0.2) is 27.6 Å². The van der Waals surface area contributed by atoms with E-state index >= 15 is 0 Å². The minimum Gasteiger partial charge on any atom is -0.481 e. The third-order valence-electron chi connectivity index (χ3n) is 6.39. The second-order valence-electron chi connectivity index (χ2n) is 10.6. The lowest BCUT2D eigenvalue weighted by atomic mass is 10.2. The van der Waals surface area contributed by atoms with Crippen LogP contribution in [0.1, 0.15) is 12.5 Å². The van der Waals surface area contributed by atoms with E-state index in [0.717, 1.165) is 23.1 Å². The molecule has 0 aliphatic heterocycles. The molecule has 0 bridgehead atoms. The number of anilines is 2. The SMILES string of the molecule is CCS(=O)(=O)c1cccnc1S(=O)(=O)NC(=O)Nc1nc(OC)cc(OC)n1.Nc1c([N+](=O)[O-])cnn1-c1c(Cl)cc(C(F)(F)F)cc1Cl.O=C(O)CNCP(=O)(O)O. The second-order valence-corrected chi connectivity index (χ2v) is 16.9. The summed E-state index contributed by atoms with van der Waals surface area (Å²) in [6.45, 7) is 0.914. The molecule has 24 nitrogen and oxygen atoms in total. The van der Waals surface area contributed by atoms with E-state index in [0.29, 0.717) is 12.1 Å². The Labute approximate surface area is 340 Å². The number of carbonyl (C=O) groups excluding carboxylic acids is 1. The molecule has 2 amide bonds. The summed E-state index contributed by atoms with van der Waals surface area (Å²) in [4.78, 5) is 58.8. The predicted molar refractivity (Wildman–Crippen MR) is 199 cm³/mol. The quantitative estimate of drug-likeness (QED) is 0.0575. The van der Waals surface area contributed by atoms with Crippen molar-refractivity contribution < 1.29 is 73.5 Å². The molecule has 0 aliphatic carbocycles. The Balaban J connectivity index is 0.000000340. The molecular formula is C27H30Cl2F3N10O14PS2. The highest BCUT2D eigenvalue weighted by Crippen LogP contribution is 2.39. The first-order valence-electron chi connectivity index (χ1n) is 15.2. The number of sulfonamides is 1. The smallest absolute Gasteiger partial charge is 0.416 e. The lowest BCUT2D eigenvalue weighted by Gasteiger charge is -2.12. The number of hydrogen-bond donors (Lipinski definition) is 7. The van der Waals surface area contributed by atoms with Crippen molar-refractivity contribution in [3.63, 3.8) is 0 Å². The number of carbonyl (C=O) groups is 2. The number of hydrogen-bond acceptors (Lipinski definition) is 17. The fraction of sp³-hybridized carbons (Fsp3) is 0.259. The first kappa shape index (κ1) is 49.7. The van der Waals surface area contributed by atoms with E-state index in [1.165, 1.54) is 33.3 Å². The van der Waals surface area contributed by atoms with Crippen LogP contribution in [0, 0.1) is 10.1 Å². The number of nitrogens with two attached hydrogens (primary N) is 1. The maximum absolute atomic E-state index is 12.6. The number of aromatic nitrogens is 5. The van der Waals surface area contributed by atoms with Crippen LogP contribution in [0.15, 0.2) is 52.6 Å². The van der Waals surface area contributed by atoms with E-state index in [4.69, 9.17) is 53.3 Å².